The van der Waals surface area contributed by atoms with Crippen molar-refractivity contribution in [1.29, 1.82) is 0 Å². The van der Waals surface area contributed by atoms with Crippen molar-refractivity contribution >= 4 is 0 Å². The monoisotopic (exact) mass is 396 g/mol. The van der Waals surface area contributed by atoms with E-state index in [1.165, 1.54) is 43.2 Å². The third-order valence-corrected chi connectivity index (χ3v) is 6.85. The predicted molar refractivity (Wildman–Crippen MR) is 112 cm³/mol. The third kappa shape index (κ3) is 4.45. The van der Waals surface area contributed by atoms with Crippen molar-refractivity contribution in [2.24, 2.45) is 0 Å². The minimum atomic E-state index is -0.214. The van der Waals surface area contributed by atoms with E-state index in [1.807, 2.05) is 0 Å². The maximum atomic E-state index is 6.15. The van der Waals surface area contributed by atoms with Crippen molar-refractivity contribution in [3.63, 3.8) is 0 Å². The Kier molecular flexibility index (Phi) is 5.27. The zero-order valence-electron chi connectivity index (χ0n) is 17.4. The normalized spacial score (nSPS) is 32.5. The summed E-state index contributed by atoms with van der Waals surface area (Å²) in [5.74, 6) is 0.937. The maximum Gasteiger partial charge on any atom is 0.119 e. The molecule has 1 saturated carbocycles. The van der Waals surface area contributed by atoms with Crippen molar-refractivity contribution in [3.8, 4) is 5.75 Å². The Morgan fingerprint density at radius 1 is 0.966 bits per heavy atom. The Morgan fingerprint density at radius 3 is 2.28 bits per heavy atom. The molecule has 4 nitrogen and oxygen atoms in total. The van der Waals surface area contributed by atoms with Crippen molar-refractivity contribution in [3.05, 3.63) is 53.6 Å². The van der Waals surface area contributed by atoms with E-state index < -0.39 is 0 Å². The summed E-state index contributed by atoms with van der Waals surface area (Å²) in [6, 6.07) is 8.81. The molecule has 0 radical (unpaired) electrons. The van der Waals surface area contributed by atoms with Crippen molar-refractivity contribution in [1.82, 2.24) is 0 Å². The zero-order valence-corrected chi connectivity index (χ0v) is 17.4. The van der Waals surface area contributed by atoms with Gasteiger partial charge in [-0.25, -0.2) is 0 Å². The Bertz CT molecular complexity index is 767. The molecule has 3 unspecified atom stereocenters. The van der Waals surface area contributed by atoms with Crippen LogP contribution in [0.5, 0.6) is 5.75 Å². The molecule has 0 N–H and O–H groups in total. The minimum absolute atomic E-state index is 0.119. The summed E-state index contributed by atoms with van der Waals surface area (Å²) in [5.41, 5.74) is 2.78. The van der Waals surface area contributed by atoms with Crippen LogP contribution in [0.15, 0.2) is 48.1 Å². The van der Waals surface area contributed by atoms with E-state index in [4.69, 9.17) is 18.9 Å². The summed E-state index contributed by atoms with van der Waals surface area (Å²) in [7, 11) is 0. The molecular formula is C25H32O4. The van der Waals surface area contributed by atoms with E-state index in [0.717, 1.165) is 25.4 Å². The molecule has 0 spiro atoms. The van der Waals surface area contributed by atoms with Crippen LogP contribution < -0.4 is 4.74 Å². The fraction of sp³-hybridized carbons (Fsp3) is 0.600. The van der Waals surface area contributed by atoms with Gasteiger partial charge in [0.15, 0.2) is 0 Å². The molecule has 5 rings (SSSR count). The van der Waals surface area contributed by atoms with E-state index in [2.05, 4.69) is 49.4 Å². The first-order chi connectivity index (χ1) is 14.2. The van der Waals surface area contributed by atoms with Gasteiger partial charge in [-0.3, -0.25) is 0 Å². The van der Waals surface area contributed by atoms with Crippen LogP contribution >= 0.6 is 0 Å². The van der Waals surface area contributed by atoms with Gasteiger partial charge in [0.05, 0.1) is 25.4 Å². The number of benzene rings is 1. The van der Waals surface area contributed by atoms with Gasteiger partial charge < -0.3 is 18.9 Å². The molecule has 1 aromatic carbocycles. The smallest absolute Gasteiger partial charge is 0.119 e. The van der Waals surface area contributed by atoms with Gasteiger partial charge in [-0.1, -0.05) is 49.6 Å². The summed E-state index contributed by atoms with van der Waals surface area (Å²) >= 11 is 0. The Morgan fingerprint density at radius 2 is 1.66 bits per heavy atom. The SMILES string of the molecule is CC1(OCC2CO2)C=CC(C2(c3ccc(OCC4CO4)cc3)CCCCC2)=CC1. The van der Waals surface area contributed by atoms with Crippen molar-refractivity contribution in [2.75, 3.05) is 26.4 Å². The van der Waals surface area contributed by atoms with Crippen LogP contribution in [0.2, 0.25) is 0 Å². The van der Waals surface area contributed by atoms with Crippen LogP contribution in [-0.4, -0.2) is 44.2 Å². The first kappa shape index (κ1) is 19.3. The lowest BCUT2D eigenvalue weighted by Gasteiger charge is -2.41. The van der Waals surface area contributed by atoms with Crippen LogP contribution in [0.1, 0.15) is 51.0 Å². The second kappa shape index (κ2) is 7.90. The molecule has 156 valence electrons. The van der Waals surface area contributed by atoms with Gasteiger partial charge in [0, 0.05) is 5.41 Å². The summed E-state index contributed by atoms with van der Waals surface area (Å²) in [6.07, 6.45) is 14.9. The van der Waals surface area contributed by atoms with Crippen LogP contribution in [0.3, 0.4) is 0 Å². The minimum Gasteiger partial charge on any atom is -0.491 e. The second-order valence-electron chi connectivity index (χ2n) is 9.21. The van der Waals surface area contributed by atoms with E-state index in [-0.39, 0.29) is 11.0 Å². The van der Waals surface area contributed by atoms with Gasteiger partial charge >= 0.3 is 0 Å². The fourth-order valence-electron chi connectivity index (χ4n) is 4.75. The fourth-order valence-corrected chi connectivity index (χ4v) is 4.75. The molecule has 29 heavy (non-hydrogen) atoms. The highest BCUT2D eigenvalue weighted by Gasteiger charge is 2.39. The van der Waals surface area contributed by atoms with Crippen molar-refractivity contribution in [2.45, 2.75) is 68.7 Å². The highest BCUT2D eigenvalue weighted by Crippen LogP contribution is 2.47. The first-order valence-electron chi connectivity index (χ1n) is 11.2. The van der Waals surface area contributed by atoms with Crippen molar-refractivity contribution < 1.29 is 18.9 Å². The van der Waals surface area contributed by atoms with Gasteiger partial charge in [0.2, 0.25) is 0 Å². The molecule has 2 aliphatic heterocycles. The molecule has 0 aromatic heterocycles. The van der Waals surface area contributed by atoms with E-state index in [1.54, 1.807) is 0 Å². The standard InChI is InChI=1S/C25H32O4/c1-24(29-18-23-17-28-23)13-9-20(10-14-24)25(11-3-2-4-12-25)19-5-7-21(8-6-19)26-15-22-16-27-22/h5-10,13,22-23H,2-4,11-12,14-18H2,1H3. The summed E-state index contributed by atoms with van der Waals surface area (Å²) < 4.78 is 22.5. The highest BCUT2D eigenvalue weighted by molar-refractivity contribution is 5.46. The number of ether oxygens (including phenoxy) is 4. The van der Waals surface area contributed by atoms with E-state index >= 15 is 0 Å². The lowest BCUT2D eigenvalue weighted by atomic mass is 9.63. The molecule has 4 heteroatoms. The number of rotatable bonds is 8. The molecule has 4 aliphatic rings. The molecule has 3 atom stereocenters. The predicted octanol–water partition coefficient (Wildman–Crippen LogP) is 4.73. The molecule has 3 fully saturated rings. The van der Waals surface area contributed by atoms with E-state index in [9.17, 15) is 0 Å². The van der Waals surface area contributed by atoms with Gasteiger partial charge in [-0.05, 0) is 49.5 Å². The van der Waals surface area contributed by atoms with Crippen LogP contribution in [0.4, 0.5) is 0 Å². The third-order valence-electron chi connectivity index (χ3n) is 6.85. The highest BCUT2D eigenvalue weighted by atomic mass is 16.6. The molecule has 2 heterocycles. The number of allylic oxidation sites excluding steroid dienone is 2. The number of hydrogen-bond acceptors (Lipinski definition) is 4. The Labute approximate surface area is 173 Å². The molecule has 2 saturated heterocycles. The van der Waals surface area contributed by atoms with Gasteiger partial charge in [-0.2, -0.15) is 0 Å². The maximum absolute atomic E-state index is 6.15. The van der Waals surface area contributed by atoms with Crippen LogP contribution in [0.25, 0.3) is 0 Å². The quantitative estimate of drug-likeness (QED) is 0.596. The lowest BCUT2D eigenvalue weighted by molar-refractivity contribution is -0.00164. The molecular weight excluding hydrogens is 364 g/mol. The average molecular weight is 397 g/mol. The first-order valence-corrected chi connectivity index (χ1v) is 11.2. The average Bonchev–Trinajstić information content (AvgIpc) is 3.67. The van der Waals surface area contributed by atoms with Gasteiger partial charge in [0.1, 0.15) is 24.6 Å². The number of hydrogen-bond donors (Lipinski definition) is 0. The van der Waals surface area contributed by atoms with E-state index in [0.29, 0.717) is 25.4 Å². The van der Waals surface area contributed by atoms with Crippen LogP contribution in [0, 0.1) is 0 Å². The topological polar surface area (TPSA) is 43.5 Å². The number of epoxide rings is 2. The van der Waals surface area contributed by atoms with Crippen LogP contribution in [-0.2, 0) is 19.6 Å². The second-order valence-corrected chi connectivity index (χ2v) is 9.21. The van der Waals surface area contributed by atoms with Gasteiger partial charge in [-0.15, -0.1) is 0 Å². The summed E-state index contributed by atoms with van der Waals surface area (Å²) in [5, 5.41) is 0. The molecule has 2 aliphatic carbocycles. The van der Waals surface area contributed by atoms with Gasteiger partial charge in [0.25, 0.3) is 0 Å². The Balaban J connectivity index is 1.32. The zero-order chi connectivity index (χ0) is 19.7. The molecule has 1 aromatic rings. The summed E-state index contributed by atoms with van der Waals surface area (Å²) in [6.45, 7) is 5.21. The molecule has 0 amide bonds. The Hall–Kier alpha value is -1.62. The largest absolute Gasteiger partial charge is 0.491 e. The lowest BCUT2D eigenvalue weighted by Crippen LogP contribution is -2.35. The molecule has 0 bridgehead atoms. The summed E-state index contributed by atoms with van der Waals surface area (Å²) in [4.78, 5) is 0.